The molecule has 1 saturated carbocycles. The molecule has 117 valence electrons. The summed E-state index contributed by atoms with van der Waals surface area (Å²) in [5, 5.41) is 2.06. The third kappa shape index (κ3) is 3.97. The largest absolute Gasteiger partial charge is 0.263 e. The molecule has 5 radical (unpaired) electrons. The highest BCUT2D eigenvalue weighted by Gasteiger charge is 2.20. The van der Waals surface area contributed by atoms with Gasteiger partial charge < -0.3 is 0 Å². The molecule has 0 bridgehead atoms. The molecule has 7 heteroatoms. The Morgan fingerprint density at radius 3 is 2.48 bits per heavy atom. The monoisotopic (exact) mass is 344 g/mol. The second-order valence-electron chi connectivity index (χ2n) is 4.81. The van der Waals surface area contributed by atoms with Crippen molar-refractivity contribution in [3.63, 3.8) is 0 Å². The molecule has 0 aliphatic heterocycles. The van der Waals surface area contributed by atoms with E-state index in [1.165, 1.54) is 23.5 Å². The molecule has 1 fully saturated rings. The number of benzene rings is 1. The minimum atomic E-state index is -3.62. The predicted octanol–water partition coefficient (Wildman–Crippen LogP) is 3.44. The molecule has 0 saturated heterocycles. The Kier molecular flexibility index (Phi) is 4.77. The summed E-state index contributed by atoms with van der Waals surface area (Å²) in [4.78, 5) is 8.59. The molecule has 1 aromatic heterocycles. The Bertz CT molecular complexity index is 775. The van der Waals surface area contributed by atoms with Gasteiger partial charge in [-0.25, -0.2) is 13.4 Å². The van der Waals surface area contributed by atoms with Gasteiger partial charge in [-0.1, -0.05) is 0 Å². The van der Waals surface area contributed by atoms with E-state index in [9.17, 15) is 8.42 Å². The molecule has 23 heavy (non-hydrogen) atoms. The van der Waals surface area contributed by atoms with Gasteiger partial charge in [0.05, 0.1) is 10.6 Å². The van der Waals surface area contributed by atoms with Gasteiger partial charge in [-0.3, -0.25) is 9.71 Å². The van der Waals surface area contributed by atoms with Crippen LogP contribution in [0.4, 0.5) is 10.8 Å². The maximum Gasteiger partial charge on any atom is 0.263 e. The molecule has 0 amide bonds. The first-order valence-corrected chi connectivity index (χ1v) is 9.21. The van der Waals surface area contributed by atoms with Gasteiger partial charge >= 0.3 is 0 Å². The summed E-state index contributed by atoms with van der Waals surface area (Å²) in [7, 11) is -3.62. The molecule has 3 rings (SSSR count). The quantitative estimate of drug-likeness (QED) is 0.845. The van der Waals surface area contributed by atoms with Gasteiger partial charge in [0, 0.05) is 23.2 Å². The minimum Gasteiger partial charge on any atom is -0.257 e. The normalized spacial score (nSPS) is 16.7. The molecule has 0 unspecified atom stereocenters. The van der Waals surface area contributed by atoms with Gasteiger partial charge in [-0.05, 0) is 56.9 Å². The first-order valence-electron chi connectivity index (χ1n) is 6.84. The molecule has 1 heterocycles. The number of hydrogen-bond acceptors (Lipinski definition) is 5. The van der Waals surface area contributed by atoms with E-state index < -0.39 is 10.0 Å². The number of thiazole rings is 1. The Hall–Kier alpha value is -1.73. The molecule has 1 aromatic carbocycles. The number of nitrogens with zero attached hydrogens (tertiary/aromatic N) is 2. The van der Waals surface area contributed by atoms with Crippen LogP contribution in [0.25, 0.3) is 0 Å². The average molecular weight is 344 g/mol. The number of aliphatic imine (C=N–C) groups is 1. The summed E-state index contributed by atoms with van der Waals surface area (Å²) in [6.07, 6.45) is 9.42. The van der Waals surface area contributed by atoms with Crippen molar-refractivity contribution in [3.05, 3.63) is 67.4 Å². The van der Waals surface area contributed by atoms with Gasteiger partial charge in [-0.2, -0.15) is 0 Å². The standard InChI is InChI=1S/C16H14N3O2S2/c1-12(13-4-2-3-5-13)18-14-6-8-15(9-7-14)23(20,21)19-16-17-10-11-22-16/h2-11H,1H3,(H,17,19). The van der Waals surface area contributed by atoms with E-state index in [1.54, 1.807) is 23.7 Å². The smallest absolute Gasteiger partial charge is 0.257 e. The molecule has 2 aromatic rings. The lowest BCUT2D eigenvalue weighted by Crippen LogP contribution is -2.12. The molecule has 0 atom stereocenters. The third-order valence-electron chi connectivity index (χ3n) is 3.18. The Balaban J connectivity index is 1.75. The zero-order chi connectivity index (χ0) is 16.3. The zero-order valence-electron chi connectivity index (χ0n) is 12.3. The Morgan fingerprint density at radius 2 is 1.87 bits per heavy atom. The number of sulfonamides is 1. The van der Waals surface area contributed by atoms with Crippen LogP contribution in [0.1, 0.15) is 6.92 Å². The molecule has 1 aliphatic carbocycles. The van der Waals surface area contributed by atoms with Crippen molar-refractivity contribution < 1.29 is 8.42 Å². The fraction of sp³-hybridized carbons (Fsp3) is 0.0625. The fourth-order valence-electron chi connectivity index (χ4n) is 2.02. The van der Waals surface area contributed by atoms with Crippen molar-refractivity contribution in [2.75, 3.05) is 4.72 Å². The lowest BCUT2D eigenvalue weighted by molar-refractivity contribution is 0.601. The highest BCUT2D eigenvalue weighted by molar-refractivity contribution is 7.93. The van der Waals surface area contributed by atoms with E-state index in [-0.39, 0.29) is 4.90 Å². The van der Waals surface area contributed by atoms with Crippen LogP contribution in [-0.2, 0) is 10.0 Å². The molecule has 1 N–H and O–H groups in total. The van der Waals surface area contributed by atoms with Gasteiger partial charge in [-0.15, -0.1) is 11.3 Å². The van der Waals surface area contributed by atoms with Crippen molar-refractivity contribution in [3.8, 4) is 0 Å². The van der Waals surface area contributed by atoms with Crippen molar-refractivity contribution >= 4 is 37.9 Å². The number of aromatic nitrogens is 1. The highest BCUT2D eigenvalue weighted by Crippen LogP contribution is 2.27. The van der Waals surface area contributed by atoms with Crippen LogP contribution < -0.4 is 4.72 Å². The summed E-state index contributed by atoms with van der Waals surface area (Å²) in [6, 6.07) is 6.44. The van der Waals surface area contributed by atoms with Gasteiger partial charge in [0.25, 0.3) is 10.0 Å². The number of nitrogens with one attached hydrogen (secondary N) is 1. The summed E-state index contributed by atoms with van der Waals surface area (Å²) in [6.45, 7) is 1.92. The van der Waals surface area contributed by atoms with Crippen LogP contribution in [0.15, 0.2) is 45.7 Å². The van der Waals surface area contributed by atoms with Crippen molar-refractivity contribution in [1.82, 2.24) is 4.98 Å². The van der Waals surface area contributed by atoms with Crippen molar-refractivity contribution in [2.45, 2.75) is 11.8 Å². The first kappa shape index (κ1) is 16.1. The van der Waals surface area contributed by atoms with Gasteiger partial charge in [0.15, 0.2) is 5.13 Å². The van der Waals surface area contributed by atoms with Gasteiger partial charge in [0.1, 0.15) is 0 Å². The molecular formula is C16H14N3O2S2. The molecule has 1 aliphatic rings. The summed E-state index contributed by atoms with van der Waals surface area (Å²) in [5.41, 5.74) is 1.59. The average Bonchev–Trinajstić information content (AvgIpc) is 3.20. The number of hydrogen-bond donors (Lipinski definition) is 1. The Morgan fingerprint density at radius 1 is 1.17 bits per heavy atom. The Labute approximate surface area is 140 Å². The van der Waals surface area contributed by atoms with Crippen LogP contribution in [0.2, 0.25) is 0 Å². The van der Waals surface area contributed by atoms with E-state index in [1.807, 2.05) is 32.6 Å². The number of rotatable bonds is 5. The van der Waals surface area contributed by atoms with Crippen molar-refractivity contribution in [1.29, 1.82) is 0 Å². The second-order valence-corrected chi connectivity index (χ2v) is 7.38. The topological polar surface area (TPSA) is 71.4 Å². The minimum absolute atomic E-state index is 0.178. The first-order chi connectivity index (χ1) is 11.0. The molecule has 0 spiro atoms. The summed E-state index contributed by atoms with van der Waals surface area (Å²) >= 11 is 1.23. The van der Waals surface area contributed by atoms with E-state index >= 15 is 0 Å². The van der Waals surface area contributed by atoms with Crippen LogP contribution in [0.5, 0.6) is 0 Å². The lowest BCUT2D eigenvalue weighted by atomic mass is 10.0. The van der Waals surface area contributed by atoms with E-state index in [4.69, 9.17) is 0 Å². The second kappa shape index (κ2) is 6.80. The summed E-state index contributed by atoms with van der Waals surface area (Å²) < 4.78 is 26.9. The van der Waals surface area contributed by atoms with Crippen LogP contribution >= 0.6 is 11.3 Å². The highest BCUT2D eigenvalue weighted by atomic mass is 32.2. The van der Waals surface area contributed by atoms with Crippen LogP contribution in [0.3, 0.4) is 0 Å². The van der Waals surface area contributed by atoms with Crippen LogP contribution in [0, 0.1) is 31.6 Å². The molecule has 5 nitrogen and oxygen atoms in total. The maximum absolute atomic E-state index is 12.2. The molecular weight excluding hydrogens is 330 g/mol. The van der Waals surface area contributed by atoms with E-state index in [2.05, 4.69) is 14.7 Å². The number of anilines is 1. The maximum atomic E-state index is 12.2. The lowest BCUT2D eigenvalue weighted by Gasteiger charge is -2.08. The van der Waals surface area contributed by atoms with Crippen molar-refractivity contribution in [2.24, 2.45) is 4.99 Å². The third-order valence-corrected chi connectivity index (χ3v) is 5.35. The predicted molar refractivity (Wildman–Crippen MR) is 92.6 cm³/mol. The summed E-state index contributed by atoms with van der Waals surface area (Å²) in [5.74, 6) is 1.05. The fourth-order valence-corrected chi connectivity index (χ4v) is 3.81. The van der Waals surface area contributed by atoms with E-state index in [0.717, 1.165) is 11.6 Å². The van der Waals surface area contributed by atoms with Crippen LogP contribution in [-0.4, -0.2) is 19.1 Å². The van der Waals surface area contributed by atoms with E-state index in [0.29, 0.717) is 10.8 Å². The SMILES string of the molecule is CC(=Nc1ccc(S(=O)(=O)Nc2nccs2)cc1)[C]1[CH][CH][CH][CH]1. The zero-order valence-corrected chi connectivity index (χ0v) is 13.9. The van der Waals surface area contributed by atoms with Gasteiger partial charge in [0.2, 0.25) is 0 Å².